The predicted molar refractivity (Wildman–Crippen MR) is 102 cm³/mol. The molecule has 5 nitrogen and oxygen atoms in total. The van der Waals surface area contributed by atoms with Gasteiger partial charge in [0, 0.05) is 27.2 Å². The Balaban J connectivity index is 2.39. The van der Waals surface area contributed by atoms with Crippen LogP contribution in [0.5, 0.6) is 0 Å². The third-order valence-corrected chi connectivity index (χ3v) is 3.80. The van der Waals surface area contributed by atoms with E-state index in [2.05, 4.69) is 53.7 Å². The summed E-state index contributed by atoms with van der Waals surface area (Å²) in [5, 5.41) is 6.45. The molecule has 0 fully saturated rings. The molecule has 134 valence electrons. The first-order valence-corrected chi connectivity index (χ1v) is 8.75. The Morgan fingerprint density at radius 3 is 2.38 bits per heavy atom. The van der Waals surface area contributed by atoms with Gasteiger partial charge in [0.05, 0.1) is 0 Å². The number of nitrogens with one attached hydrogen (secondary N) is 2. The van der Waals surface area contributed by atoms with E-state index in [-0.39, 0.29) is 12.5 Å². The first-order chi connectivity index (χ1) is 11.4. The van der Waals surface area contributed by atoms with Gasteiger partial charge in [-0.3, -0.25) is 4.79 Å². The van der Waals surface area contributed by atoms with Gasteiger partial charge in [0.2, 0.25) is 5.91 Å². The Labute approximate surface area is 146 Å². The molecule has 0 saturated carbocycles. The highest BCUT2D eigenvalue weighted by Gasteiger charge is 2.04. The average molecular weight is 332 g/mol. The van der Waals surface area contributed by atoms with Crippen molar-refractivity contribution in [2.45, 2.75) is 39.5 Å². The van der Waals surface area contributed by atoms with Gasteiger partial charge >= 0.3 is 0 Å². The zero-order valence-corrected chi connectivity index (χ0v) is 15.7. The van der Waals surface area contributed by atoms with E-state index in [0.717, 1.165) is 25.9 Å². The van der Waals surface area contributed by atoms with Crippen LogP contribution in [-0.4, -0.2) is 50.5 Å². The van der Waals surface area contributed by atoms with Crippen LogP contribution in [-0.2, 0) is 11.2 Å². The molecule has 1 amide bonds. The quantitative estimate of drug-likeness (QED) is 0.437. The standard InChI is InChI=1S/C19H32N4O/c1-6-20-19(22-14-18(24)23(4)5)21-13-7-8-16-9-11-17(12-10-16)15(2)3/h9-12,15H,6-8,13-14H2,1-5H3,(H2,20,21,22). The van der Waals surface area contributed by atoms with Crippen LogP contribution in [0, 0.1) is 0 Å². The van der Waals surface area contributed by atoms with Crippen molar-refractivity contribution in [2.75, 3.05) is 33.7 Å². The summed E-state index contributed by atoms with van der Waals surface area (Å²) >= 11 is 0. The van der Waals surface area contributed by atoms with Gasteiger partial charge < -0.3 is 15.5 Å². The van der Waals surface area contributed by atoms with Crippen LogP contribution in [0.3, 0.4) is 0 Å². The number of hydrogen-bond donors (Lipinski definition) is 2. The van der Waals surface area contributed by atoms with Gasteiger partial charge in [-0.2, -0.15) is 0 Å². The molecule has 0 heterocycles. The SMILES string of the molecule is CCNC(=NCC(=O)N(C)C)NCCCc1ccc(C(C)C)cc1. The fraction of sp³-hybridized carbons (Fsp3) is 0.579. The lowest BCUT2D eigenvalue weighted by Gasteiger charge is -2.13. The van der Waals surface area contributed by atoms with E-state index in [4.69, 9.17) is 0 Å². The molecule has 0 unspecified atom stereocenters. The van der Waals surface area contributed by atoms with E-state index < -0.39 is 0 Å². The smallest absolute Gasteiger partial charge is 0.243 e. The van der Waals surface area contributed by atoms with Crippen molar-refractivity contribution in [3.63, 3.8) is 0 Å². The Morgan fingerprint density at radius 2 is 1.83 bits per heavy atom. The van der Waals surface area contributed by atoms with E-state index in [1.165, 1.54) is 11.1 Å². The highest BCUT2D eigenvalue weighted by atomic mass is 16.2. The van der Waals surface area contributed by atoms with Gasteiger partial charge in [-0.25, -0.2) is 4.99 Å². The molecule has 0 atom stereocenters. The molecular formula is C19H32N4O. The molecule has 1 aromatic carbocycles. The summed E-state index contributed by atoms with van der Waals surface area (Å²) in [4.78, 5) is 17.5. The number of carbonyl (C=O) groups excluding carboxylic acids is 1. The number of nitrogens with zero attached hydrogens (tertiary/aromatic N) is 2. The van der Waals surface area contributed by atoms with E-state index in [0.29, 0.717) is 11.9 Å². The minimum Gasteiger partial charge on any atom is -0.357 e. The maximum atomic E-state index is 11.6. The monoisotopic (exact) mass is 332 g/mol. The van der Waals surface area contributed by atoms with Crippen molar-refractivity contribution >= 4 is 11.9 Å². The fourth-order valence-electron chi connectivity index (χ4n) is 2.20. The summed E-state index contributed by atoms with van der Waals surface area (Å²) in [5.74, 6) is 1.27. The number of aryl methyl sites for hydroxylation is 1. The van der Waals surface area contributed by atoms with Crippen LogP contribution in [0.4, 0.5) is 0 Å². The lowest BCUT2D eigenvalue weighted by Crippen LogP contribution is -2.39. The topological polar surface area (TPSA) is 56.7 Å². The summed E-state index contributed by atoms with van der Waals surface area (Å²) in [5.41, 5.74) is 2.73. The summed E-state index contributed by atoms with van der Waals surface area (Å²) in [6.45, 7) is 8.20. The Morgan fingerprint density at radius 1 is 1.17 bits per heavy atom. The maximum Gasteiger partial charge on any atom is 0.243 e. The average Bonchev–Trinajstić information content (AvgIpc) is 2.56. The van der Waals surface area contributed by atoms with Gasteiger partial charge in [-0.15, -0.1) is 0 Å². The highest BCUT2D eigenvalue weighted by molar-refractivity contribution is 5.84. The maximum absolute atomic E-state index is 11.6. The number of aliphatic imine (C=N–C) groups is 1. The highest BCUT2D eigenvalue weighted by Crippen LogP contribution is 2.15. The van der Waals surface area contributed by atoms with Crippen LogP contribution in [0.2, 0.25) is 0 Å². The van der Waals surface area contributed by atoms with Gasteiger partial charge in [-0.1, -0.05) is 38.1 Å². The molecule has 0 aliphatic rings. The largest absolute Gasteiger partial charge is 0.357 e. The summed E-state index contributed by atoms with van der Waals surface area (Å²) in [6, 6.07) is 8.85. The predicted octanol–water partition coefficient (Wildman–Crippen LogP) is 2.39. The molecule has 0 aliphatic heterocycles. The minimum absolute atomic E-state index is 0.00237. The number of likely N-dealkylation sites (N-methyl/N-ethyl adjacent to an activating group) is 1. The molecule has 0 spiro atoms. The van der Waals surface area contributed by atoms with Crippen molar-refractivity contribution in [3.8, 4) is 0 Å². The van der Waals surface area contributed by atoms with Crippen molar-refractivity contribution in [1.82, 2.24) is 15.5 Å². The normalized spacial score (nSPS) is 11.5. The third kappa shape index (κ3) is 7.49. The zero-order valence-electron chi connectivity index (χ0n) is 15.7. The Hall–Kier alpha value is -2.04. The lowest BCUT2D eigenvalue weighted by atomic mass is 10.0. The number of hydrogen-bond acceptors (Lipinski definition) is 2. The van der Waals surface area contributed by atoms with E-state index in [1.807, 2.05) is 6.92 Å². The molecule has 0 aliphatic carbocycles. The number of amides is 1. The van der Waals surface area contributed by atoms with Gasteiger partial charge in [0.1, 0.15) is 6.54 Å². The number of rotatable bonds is 8. The number of carbonyl (C=O) groups is 1. The molecule has 1 aromatic rings. The zero-order chi connectivity index (χ0) is 17.9. The van der Waals surface area contributed by atoms with Crippen molar-refractivity contribution < 1.29 is 4.79 Å². The van der Waals surface area contributed by atoms with Crippen LogP contribution in [0.1, 0.15) is 44.2 Å². The first-order valence-electron chi connectivity index (χ1n) is 8.75. The molecule has 0 saturated heterocycles. The summed E-state index contributed by atoms with van der Waals surface area (Å²) in [6.07, 6.45) is 2.05. The minimum atomic E-state index is -0.00237. The van der Waals surface area contributed by atoms with Gasteiger partial charge in [-0.05, 0) is 36.8 Å². The number of guanidine groups is 1. The summed E-state index contributed by atoms with van der Waals surface area (Å²) in [7, 11) is 3.48. The molecular weight excluding hydrogens is 300 g/mol. The van der Waals surface area contributed by atoms with E-state index >= 15 is 0 Å². The van der Waals surface area contributed by atoms with E-state index in [9.17, 15) is 4.79 Å². The van der Waals surface area contributed by atoms with Gasteiger partial charge in [0.25, 0.3) is 0 Å². The Bertz CT molecular complexity index is 521. The second-order valence-corrected chi connectivity index (χ2v) is 6.41. The molecule has 24 heavy (non-hydrogen) atoms. The fourth-order valence-corrected chi connectivity index (χ4v) is 2.20. The Kier molecular flexibility index (Phi) is 8.90. The second kappa shape index (κ2) is 10.7. The van der Waals surface area contributed by atoms with Crippen molar-refractivity contribution in [2.24, 2.45) is 4.99 Å². The third-order valence-electron chi connectivity index (χ3n) is 3.80. The van der Waals surface area contributed by atoms with Crippen LogP contribution < -0.4 is 10.6 Å². The lowest BCUT2D eigenvalue weighted by molar-refractivity contribution is -0.127. The van der Waals surface area contributed by atoms with Crippen LogP contribution in [0.25, 0.3) is 0 Å². The van der Waals surface area contributed by atoms with Gasteiger partial charge in [0.15, 0.2) is 5.96 Å². The second-order valence-electron chi connectivity index (χ2n) is 6.41. The molecule has 0 bridgehead atoms. The number of benzene rings is 1. The summed E-state index contributed by atoms with van der Waals surface area (Å²) < 4.78 is 0. The van der Waals surface area contributed by atoms with Crippen molar-refractivity contribution in [1.29, 1.82) is 0 Å². The molecule has 5 heteroatoms. The molecule has 1 rings (SSSR count). The first kappa shape index (κ1) is 20.0. The molecule has 0 radical (unpaired) electrons. The van der Waals surface area contributed by atoms with Crippen LogP contribution >= 0.6 is 0 Å². The molecule has 0 aromatic heterocycles. The molecule has 2 N–H and O–H groups in total. The van der Waals surface area contributed by atoms with Crippen molar-refractivity contribution in [3.05, 3.63) is 35.4 Å². The van der Waals surface area contributed by atoms with Crippen LogP contribution in [0.15, 0.2) is 29.3 Å². The van der Waals surface area contributed by atoms with E-state index in [1.54, 1.807) is 19.0 Å².